The number of rotatable bonds is 3. The Balaban J connectivity index is 0.00000196. The molecule has 144 valence electrons. The SMILES string of the molecule is CC1(C)C2OCCCC2C1(N)C(=O)NCc1ccc2c(c1)OCCO2.Cl. The molecule has 2 fully saturated rings. The molecule has 3 aliphatic rings. The molecular weight excluding hydrogens is 356 g/mol. The number of nitrogens with one attached hydrogen (secondary N) is 1. The van der Waals surface area contributed by atoms with Crippen molar-refractivity contribution in [1.29, 1.82) is 0 Å². The summed E-state index contributed by atoms with van der Waals surface area (Å²) in [5.74, 6) is 1.47. The second kappa shape index (κ2) is 6.91. The molecule has 3 atom stereocenters. The van der Waals surface area contributed by atoms with Gasteiger partial charge in [0.05, 0.1) is 6.10 Å². The van der Waals surface area contributed by atoms with Crippen molar-refractivity contribution in [3.8, 4) is 11.5 Å². The zero-order valence-electron chi connectivity index (χ0n) is 15.2. The van der Waals surface area contributed by atoms with Crippen LogP contribution < -0.4 is 20.5 Å². The standard InChI is InChI=1S/C19H26N2O4.ClH/c1-18(2)16-13(4-3-7-25-16)19(18,20)17(22)21-11-12-5-6-14-15(10-12)24-9-8-23-14;/h5-6,10,13,16H,3-4,7-9,11,20H2,1-2H3,(H,21,22);1H. The van der Waals surface area contributed by atoms with Crippen molar-refractivity contribution in [1.82, 2.24) is 5.32 Å². The average Bonchev–Trinajstić information content (AvgIpc) is 2.65. The lowest BCUT2D eigenvalue weighted by Crippen LogP contribution is -2.82. The summed E-state index contributed by atoms with van der Waals surface area (Å²) in [5, 5.41) is 3.02. The van der Waals surface area contributed by atoms with Crippen LogP contribution in [0.2, 0.25) is 0 Å². The number of carbonyl (C=O) groups excluding carboxylic acids is 1. The number of hydrogen-bond acceptors (Lipinski definition) is 5. The number of halogens is 1. The van der Waals surface area contributed by atoms with Crippen LogP contribution in [0.4, 0.5) is 0 Å². The summed E-state index contributed by atoms with van der Waals surface area (Å²) in [7, 11) is 0. The van der Waals surface area contributed by atoms with E-state index in [1.807, 2.05) is 32.0 Å². The lowest BCUT2D eigenvalue weighted by molar-refractivity contribution is -0.225. The minimum Gasteiger partial charge on any atom is -0.486 e. The topological polar surface area (TPSA) is 82.8 Å². The second-order valence-electron chi connectivity index (χ2n) is 7.79. The summed E-state index contributed by atoms with van der Waals surface area (Å²) >= 11 is 0. The van der Waals surface area contributed by atoms with Gasteiger partial charge in [-0.15, -0.1) is 12.4 Å². The molecular formula is C19H27ClN2O4. The Kier molecular flexibility index (Phi) is 5.12. The summed E-state index contributed by atoms with van der Waals surface area (Å²) in [4.78, 5) is 12.9. The fourth-order valence-corrected chi connectivity index (χ4v) is 4.56. The maximum atomic E-state index is 12.9. The number of nitrogens with two attached hydrogens (primary N) is 1. The van der Waals surface area contributed by atoms with Crippen molar-refractivity contribution >= 4 is 18.3 Å². The van der Waals surface area contributed by atoms with Gasteiger partial charge in [-0.25, -0.2) is 0 Å². The van der Waals surface area contributed by atoms with E-state index in [2.05, 4.69) is 5.32 Å². The largest absolute Gasteiger partial charge is 0.486 e. The van der Waals surface area contributed by atoms with E-state index in [0.29, 0.717) is 19.8 Å². The van der Waals surface area contributed by atoms with Gasteiger partial charge in [0.2, 0.25) is 5.91 Å². The van der Waals surface area contributed by atoms with Crippen LogP contribution in [0.3, 0.4) is 0 Å². The van der Waals surface area contributed by atoms with Gasteiger partial charge in [-0.05, 0) is 30.5 Å². The van der Waals surface area contributed by atoms with E-state index in [1.54, 1.807) is 0 Å². The number of ether oxygens (including phenoxy) is 3. The minimum atomic E-state index is -0.883. The summed E-state index contributed by atoms with van der Waals surface area (Å²) < 4.78 is 17.0. The third kappa shape index (κ3) is 2.75. The third-order valence-electron chi connectivity index (χ3n) is 6.12. The maximum Gasteiger partial charge on any atom is 0.241 e. The summed E-state index contributed by atoms with van der Waals surface area (Å²) in [6.45, 7) is 6.36. The van der Waals surface area contributed by atoms with Gasteiger partial charge in [0.15, 0.2) is 11.5 Å². The number of hydrogen-bond donors (Lipinski definition) is 2. The van der Waals surface area contributed by atoms with Crippen LogP contribution >= 0.6 is 12.4 Å². The molecule has 4 rings (SSSR count). The molecule has 1 aromatic carbocycles. The van der Waals surface area contributed by atoms with Crippen LogP contribution in [0.5, 0.6) is 11.5 Å². The normalized spacial score (nSPS) is 31.0. The molecule has 26 heavy (non-hydrogen) atoms. The molecule has 0 bridgehead atoms. The Morgan fingerprint density at radius 2 is 1.96 bits per heavy atom. The molecule has 1 saturated heterocycles. The summed E-state index contributed by atoms with van der Waals surface area (Å²) in [5.41, 5.74) is 6.34. The highest BCUT2D eigenvalue weighted by Crippen LogP contribution is 2.57. The van der Waals surface area contributed by atoms with E-state index in [4.69, 9.17) is 19.9 Å². The van der Waals surface area contributed by atoms with Crippen molar-refractivity contribution in [2.75, 3.05) is 19.8 Å². The molecule has 7 heteroatoms. The molecule has 2 heterocycles. The first-order valence-corrected chi connectivity index (χ1v) is 9.02. The molecule has 0 spiro atoms. The van der Waals surface area contributed by atoms with Crippen LogP contribution in [0.25, 0.3) is 0 Å². The highest BCUT2D eigenvalue weighted by molar-refractivity contribution is 5.89. The average molecular weight is 383 g/mol. The van der Waals surface area contributed by atoms with Gasteiger partial charge in [-0.2, -0.15) is 0 Å². The smallest absolute Gasteiger partial charge is 0.241 e. The van der Waals surface area contributed by atoms with Crippen LogP contribution in [-0.4, -0.2) is 37.4 Å². The van der Waals surface area contributed by atoms with E-state index in [9.17, 15) is 4.79 Å². The van der Waals surface area contributed by atoms with E-state index >= 15 is 0 Å². The Hall–Kier alpha value is -1.50. The van der Waals surface area contributed by atoms with Crippen LogP contribution in [0, 0.1) is 11.3 Å². The van der Waals surface area contributed by atoms with E-state index in [-0.39, 0.29) is 35.8 Å². The highest BCUT2D eigenvalue weighted by Gasteiger charge is 2.70. The molecule has 0 radical (unpaired) electrons. The molecule has 0 aromatic heterocycles. The van der Waals surface area contributed by atoms with Gasteiger partial charge in [0.25, 0.3) is 0 Å². The first kappa shape index (κ1) is 19.3. The highest BCUT2D eigenvalue weighted by atomic mass is 35.5. The van der Waals surface area contributed by atoms with Crippen molar-refractivity contribution in [3.63, 3.8) is 0 Å². The number of fused-ring (bicyclic) bond motifs is 2. The Labute approximate surface area is 160 Å². The second-order valence-corrected chi connectivity index (χ2v) is 7.79. The van der Waals surface area contributed by atoms with Crippen molar-refractivity contribution in [3.05, 3.63) is 23.8 Å². The quantitative estimate of drug-likeness (QED) is 0.835. The zero-order valence-corrected chi connectivity index (χ0v) is 16.1. The van der Waals surface area contributed by atoms with Crippen molar-refractivity contribution < 1.29 is 19.0 Å². The van der Waals surface area contributed by atoms with E-state index < -0.39 is 5.54 Å². The number of benzene rings is 1. The fourth-order valence-electron chi connectivity index (χ4n) is 4.56. The lowest BCUT2D eigenvalue weighted by atomic mass is 9.46. The van der Waals surface area contributed by atoms with Crippen LogP contribution in [-0.2, 0) is 16.1 Å². The molecule has 3 unspecified atom stereocenters. The summed E-state index contributed by atoms with van der Waals surface area (Å²) in [6, 6.07) is 5.73. The molecule has 2 aliphatic heterocycles. The Morgan fingerprint density at radius 3 is 2.73 bits per heavy atom. The predicted molar refractivity (Wildman–Crippen MR) is 99.7 cm³/mol. The molecule has 1 aromatic rings. The maximum absolute atomic E-state index is 12.9. The van der Waals surface area contributed by atoms with E-state index in [0.717, 1.165) is 36.5 Å². The van der Waals surface area contributed by atoms with Gasteiger partial charge in [0.1, 0.15) is 18.8 Å². The third-order valence-corrected chi connectivity index (χ3v) is 6.12. The number of carbonyl (C=O) groups is 1. The van der Waals surface area contributed by atoms with Crippen molar-refractivity contribution in [2.45, 2.75) is 44.9 Å². The van der Waals surface area contributed by atoms with Gasteiger partial charge in [-0.3, -0.25) is 4.79 Å². The van der Waals surface area contributed by atoms with Gasteiger partial charge >= 0.3 is 0 Å². The monoisotopic (exact) mass is 382 g/mol. The first-order valence-electron chi connectivity index (χ1n) is 9.02. The molecule has 6 nitrogen and oxygen atoms in total. The van der Waals surface area contributed by atoms with Gasteiger partial charge < -0.3 is 25.3 Å². The molecule has 1 amide bonds. The lowest BCUT2D eigenvalue weighted by Gasteiger charge is -2.65. The Morgan fingerprint density at radius 1 is 1.23 bits per heavy atom. The molecule has 1 aliphatic carbocycles. The van der Waals surface area contributed by atoms with Crippen molar-refractivity contribution in [2.24, 2.45) is 17.1 Å². The van der Waals surface area contributed by atoms with Crippen LogP contribution in [0.1, 0.15) is 32.3 Å². The molecule has 3 N–H and O–H groups in total. The fraction of sp³-hybridized carbons (Fsp3) is 0.632. The minimum absolute atomic E-state index is 0. The molecule has 1 saturated carbocycles. The van der Waals surface area contributed by atoms with Gasteiger partial charge in [0, 0.05) is 24.5 Å². The van der Waals surface area contributed by atoms with E-state index in [1.165, 1.54) is 0 Å². The summed E-state index contributed by atoms with van der Waals surface area (Å²) in [6.07, 6.45) is 1.99. The predicted octanol–water partition coefficient (Wildman–Crippen LogP) is 2.03. The Bertz CT molecular complexity index is 696. The number of amides is 1. The zero-order chi connectivity index (χ0) is 17.7. The van der Waals surface area contributed by atoms with Gasteiger partial charge in [-0.1, -0.05) is 19.9 Å². The first-order chi connectivity index (χ1) is 11.9. The van der Waals surface area contributed by atoms with Crippen LogP contribution in [0.15, 0.2) is 18.2 Å².